The first-order valence-electron chi connectivity index (χ1n) is 10.2. The highest BCUT2D eigenvalue weighted by atomic mass is 35.5. The molecule has 0 aliphatic rings. The number of pyridine rings is 1. The number of nitrogens with one attached hydrogen (secondary N) is 2. The zero-order chi connectivity index (χ0) is 29.1. The summed E-state index contributed by atoms with van der Waals surface area (Å²) in [5, 5.41) is 6.38. The molecule has 0 spiro atoms. The van der Waals surface area contributed by atoms with E-state index in [0.29, 0.717) is 10.7 Å². The van der Waals surface area contributed by atoms with Gasteiger partial charge in [0.25, 0.3) is 5.56 Å². The van der Waals surface area contributed by atoms with Gasteiger partial charge in [0.15, 0.2) is 0 Å². The number of benzene rings is 1. The van der Waals surface area contributed by atoms with Gasteiger partial charge in [-0.05, 0) is 48.0 Å². The van der Waals surface area contributed by atoms with E-state index in [4.69, 9.17) is 44.3 Å². The molecule has 0 atom stereocenters. The molecule has 0 fully saturated rings. The van der Waals surface area contributed by atoms with E-state index in [1.165, 1.54) is 30.3 Å². The van der Waals surface area contributed by atoms with Gasteiger partial charge in [-0.1, -0.05) is 23.2 Å². The second-order valence-electron chi connectivity index (χ2n) is 7.24. The molecule has 1 heterocycles. The van der Waals surface area contributed by atoms with Crippen LogP contribution >= 0.6 is 23.2 Å². The molecule has 0 unspecified atom stereocenters. The number of carbonyl (C=O) groups is 2. The maximum atomic E-state index is 12.8. The van der Waals surface area contributed by atoms with Crippen LogP contribution in [0, 0.1) is 6.92 Å². The number of anilines is 1. The number of oxime groups is 1. The van der Waals surface area contributed by atoms with Gasteiger partial charge >= 0.3 is 6.18 Å². The zero-order valence-electron chi connectivity index (χ0n) is 19.6. The number of nitrogens with zero attached hydrogens (tertiary/aromatic N) is 2. The molecule has 0 saturated heterocycles. The van der Waals surface area contributed by atoms with Crippen molar-refractivity contribution in [1.82, 2.24) is 9.88 Å². The zero-order valence-corrected chi connectivity index (χ0v) is 21.9. The average Bonchev–Trinajstić information content (AvgIpc) is 2.80. The van der Waals surface area contributed by atoms with Crippen LogP contribution in [-0.4, -0.2) is 50.5 Å². The number of aryl methyl sites for hydroxylation is 1. The summed E-state index contributed by atoms with van der Waals surface area (Å²) in [7, 11) is -3.99. The fourth-order valence-corrected chi connectivity index (χ4v) is 4.23. The number of hydrogen-bond donors (Lipinski definition) is 4. The molecule has 18 heteroatoms. The lowest BCUT2D eigenvalue weighted by molar-refractivity contribution is -0.156. The summed E-state index contributed by atoms with van der Waals surface area (Å²) in [6.45, 7) is 1.39. The van der Waals surface area contributed by atoms with E-state index in [-0.39, 0.29) is 41.9 Å². The molecular formula is C20H23Cl2F3N6O6S. The van der Waals surface area contributed by atoms with E-state index in [2.05, 4.69) is 15.2 Å². The van der Waals surface area contributed by atoms with E-state index in [0.717, 1.165) is 4.57 Å². The Labute approximate surface area is 224 Å². The quantitative estimate of drug-likeness (QED) is 0.103. The molecule has 6 N–H and O–H groups in total. The third kappa shape index (κ3) is 12.2. The van der Waals surface area contributed by atoms with Crippen LogP contribution in [0.2, 0.25) is 10.0 Å². The van der Waals surface area contributed by atoms with Crippen molar-refractivity contribution >= 4 is 57.1 Å². The number of carbonyl (C=O) groups excluding carboxylic acids is 2. The molecule has 2 aromatic rings. The van der Waals surface area contributed by atoms with E-state index in [1.807, 2.05) is 0 Å². The highest BCUT2D eigenvalue weighted by Gasteiger charge is 2.25. The molecule has 12 nitrogen and oxygen atoms in total. The number of rotatable bonds is 10. The van der Waals surface area contributed by atoms with Gasteiger partial charge in [-0.2, -0.15) is 13.2 Å². The third-order valence-electron chi connectivity index (χ3n) is 4.13. The summed E-state index contributed by atoms with van der Waals surface area (Å²) in [6.07, 6.45) is -5.70. The van der Waals surface area contributed by atoms with E-state index >= 15 is 0 Å². The summed E-state index contributed by atoms with van der Waals surface area (Å²) in [6, 6.07) is 7.28. The topological polar surface area (TPSA) is 188 Å². The molecule has 2 rings (SSSR count). The first kappa shape index (κ1) is 32.5. The SMILES string of the molecule is Cc1ccc(NS(=O)(=O)Cc2cc(Cl)ccc2Cl)c(=O)n1CC(=O)NCCON=C(N)N.O=CC(F)(F)F. The Morgan fingerprint density at radius 1 is 1.21 bits per heavy atom. The van der Waals surface area contributed by atoms with Gasteiger partial charge in [0.1, 0.15) is 18.8 Å². The van der Waals surface area contributed by atoms with Gasteiger partial charge in [-0.15, -0.1) is 0 Å². The second-order valence-corrected chi connectivity index (χ2v) is 9.80. The van der Waals surface area contributed by atoms with Gasteiger partial charge in [0.05, 0.1) is 12.3 Å². The van der Waals surface area contributed by atoms with Crippen LogP contribution in [0.5, 0.6) is 0 Å². The van der Waals surface area contributed by atoms with Gasteiger partial charge in [-0.25, -0.2) is 8.42 Å². The Morgan fingerprint density at radius 2 is 1.84 bits per heavy atom. The fraction of sp³-hybridized carbons (Fsp3) is 0.300. The van der Waals surface area contributed by atoms with Gasteiger partial charge < -0.3 is 26.2 Å². The summed E-state index contributed by atoms with van der Waals surface area (Å²) in [4.78, 5) is 38.4. The Bertz CT molecular complexity index is 1330. The molecule has 0 saturated carbocycles. The predicted octanol–water partition coefficient (Wildman–Crippen LogP) is 1.47. The maximum absolute atomic E-state index is 12.8. The summed E-state index contributed by atoms with van der Waals surface area (Å²) < 4.78 is 59.8. The number of nitrogens with two attached hydrogens (primary N) is 2. The third-order valence-corrected chi connectivity index (χ3v) is 5.96. The number of alkyl halides is 3. The predicted molar refractivity (Wildman–Crippen MR) is 135 cm³/mol. The summed E-state index contributed by atoms with van der Waals surface area (Å²) in [5.41, 5.74) is 10.0. The van der Waals surface area contributed by atoms with Crippen molar-refractivity contribution in [2.75, 3.05) is 17.9 Å². The van der Waals surface area contributed by atoms with Gasteiger partial charge in [-0.3, -0.25) is 19.1 Å². The van der Waals surface area contributed by atoms with Crippen LogP contribution in [0.25, 0.3) is 0 Å². The highest BCUT2D eigenvalue weighted by Crippen LogP contribution is 2.23. The van der Waals surface area contributed by atoms with Crippen molar-refractivity contribution in [1.29, 1.82) is 0 Å². The van der Waals surface area contributed by atoms with Crippen LogP contribution in [0.15, 0.2) is 40.3 Å². The monoisotopic (exact) mass is 602 g/mol. The molecule has 0 aliphatic heterocycles. The Balaban J connectivity index is 0.00000107. The number of hydrogen-bond acceptors (Lipinski definition) is 7. The van der Waals surface area contributed by atoms with Crippen LogP contribution in [0.4, 0.5) is 18.9 Å². The number of aromatic nitrogens is 1. The second kappa shape index (κ2) is 14.4. The first-order chi connectivity index (χ1) is 17.5. The van der Waals surface area contributed by atoms with Crippen LogP contribution in [0.1, 0.15) is 11.3 Å². The van der Waals surface area contributed by atoms with Crippen LogP contribution in [0.3, 0.4) is 0 Å². The minimum absolute atomic E-state index is 0.0173. The molecule has 1 amide bonds. The van der Waals surface area contributed by atoms with Crippen molar-refractivity contribution in [3.8, 4) is 0 Å². The van der Waals surface area contributed by atoms with E-state index < -0.39 is 39.7 Å². The Morgan fingerprint density at radius 3 is 2.42 bits per heavy atom. The fourth-order valence-electron chi connectivity index (χ4n) is 2.56. The van der Waals surface area contributed by atoms with Crippen LogP contribution < -0.4 is 27.1 Å². The molecule has 0 radical (unpaired) electrons. The lowest BCUT2D eigenvalue weighted by Crippen LogP contribution is -2.36. The number of sulfonamides is 1. The van der Waals surface area contributed by atoms with Crippen molar-refractivity contribution < 1.29 is 36.0 Å². The van der Waals surface area contributed by atoms with Crippen LogP contribution in [-0.2, 0) is 36.7 Å². The molecule has 0 bridgehead atoms. The first-order valence-corrected chi connectivity index (χ1v) is 12.6. The van der Waals surface area contributed by atoms with E-state index in [9.17, 15) is 31.2 Å². The number of amides is 1. The van der Waals surface area contributed by atoms with Crippen molar-refractivity contribution in [2.45, 2.75) is 25.4 Å². The normalized spacial score (nSPS) is 11.0. The maximum Gasteiger partial charge on any atom is 0.446 e. The number of aldehydes is 1. The van der Waals surface area contributed by atoms with Gasteiger partial charge in [0, 0.05) is 15.7 Å². The molecular weight excluding hydrogens is 580 g/mol. The van der Waals surface area contributed by atoms with Gasteiger partial charge in [0.2, 0.25) is 28.2 Å². The Kier molecular flexibility index (Phi) is 12.4. The van der Waals surface area contributed by atoms with Crippen molar-refractivity contribution in [3.63, 3.8) is 0 Å². The lowest BCUT2D eigenvalue weighted by Gasteiger charge is -2.14. The Hall–Kier alpha value is -3.50. The van der Waals surface area contributed by atoms with Crippen molar-refractivity contribution in [2.24, 2.45) is 16.6 Å². The standard InChI is InChI=1S/C18H22Cl2N6O5S.C2HF3O/c1-11-2-5-15(25-32(29,30)10-12-8-13(19)3-4-14(12)20)17(28)26(11)9-16(27)23-6-7-31-24-18(21)22;3-2(4,5)1-6/h2-5,8,25H,6-7,9-10H2,1H3,(H,23,27)(H4,21,22,24);1H. The molecule has 38 heavy (non-hydrogen) atoms. The minimum Gasteiger partial charge on any atom is -0.391 e. The summed E-state index contributed by atoms with van der Waals surface area (Å²) in [5.74, 6) is -1.24. The largest absolute Gasteiger partial charge is 0.446 e. The highest BCUT2D eigenvalue weighted by molar-refractivity contribution is 7.91. The average molecular weight is 603 g/mol. The van der Waals surface area contributed by atoms with Crippen molar-refractivity contribution in [3.05, 3.63) is 62.0 Å². The minimum atomic E-state index is -4.64. The smallest absolute Gasteiger partial charge is 0.391 e. The molecule has 0 aliphatic carbocycles. The molecule has 1 aromatic carbocycles. The van der Waals surface area contributed by atoms with E-state index in [1.54, 1.807) is 6.92 Å². The lowest BCUT2D eigenvalue weighted by atomic mass is 10.2. The number of guanidine groups is 1. The number of halogens is 5. The molecule has 210 valence electrons. The molecule has 1 aromatic heterocycles. The summed E-state index contributed by atoms with van der Waals surface area (Å²) >= 11 is 11.9.